The SMILES string of the molecule is CC(C)(C)OC(=O)NCCOc1cc(NC(=O)c2cc3cc(C(C)(C)S(C)(=O)=O)ccc3s2)cc(Oc2ccc(Cl)cc2)c1. The molecule has 44 heavy (non-hydrogen) atoms. The minimum atomic E-state index is -3.36. The molecule has 0 fully saturated rings. The van der Waals surface area contributed by atoms with Crippen molar-refractivity contribution in [1.82, 2.24) is 5.32 Å². The van der Waals surface area contributed by atoms with Gasteiger partial charge in [-0.15, -0.1) is 11.3 Å². The third-order valence-electron chi connectivity index (χ3n) is 6.59. The number of carbonyl (C=O) groups is 2. The van der Waals surface area contributed by atoms with Gasteiger partial charge in [-0.2, -0.15) is 0 Å². The number of halogens is 1. The van der Waals surface area contributed by atoms with Gasteiger partial charge in [-0.3, -0.25) is 4.79 Å². The van der Waals surface area contributed by atoms with Crippen LogP contribution in [0.4, 0.5) is 10.5 Å². The van der Waals surface area contributed by atoms with Crippen molar-refractivity contribution in [2.75, 3.05) is 24.7 Å². The Morgan fingerprint density at radius 2 is 1.57 bits per heavy atom. The number of benzene rings is 3. The largest absolute Gasteiger partial charge is 0.492 e. The minimum Gasteiger partial charge on any atom is -0.492 e. The van der Waals surface area contributed by atoms with E-state index in [0.29, 0.717) is 38.4 Å². The second kappa shape index (κ2) is 13.1. The highest BCUT2D eigenvalue weighted by atomic mass is 35.5. The molecular weight excluding hydrogens is 624 g/mol. The van der Waals surface area contributed by atoms with E-state index in [0.717, 1.165) is 10.1 Å². The van der Waals surface area contributed by atoms with E-state index in [1.807, 2.05) is 12.1 Å². The van der Waals surface area contributed by atoms with Crippen LogP contribution >= 0.6 is 22.9 Å². The molecule has 0 aliphatic rings. The summed E-state index contributed by atoms with van der Waals surface area (Å²) in [5.74, 6) is 0.995. The summed E-state index contributed by atoms with van der Waals surface area (Å²) in [4.78, 5) is 25.7. The van der Waals surface area contributed by atoms with Gasteiger partial charge in [0.1, 0.15) is 29.5 Å². The Hall–Kier alpha value is -3.80. The predicted octanol–water partition coefficient (Wildman–Crippen LogP) is 7.78. The molecule has 0 bridgehead atoms. The lowest BCUT2D eigenvalue weighted by atomic mass is 10.0. The van der Waals surface area contributed by atoms with Crippen molar-refractivity contribution in [1.29, 1.82) is 0 Å². The first kappa shape index (κ1) is 33.1. The lowest BCUT2D eigenvalue weighted by molar-refractivity contribution is 0.0520. The molecule has 234 valence electrons. The maximum Gasteiger partial charge on any atom is 0.407 e. The van der Waals surface area contributed by atoms with Gasteiger partial charge in [-0.05, 0) is 88.0 Å². The Morgan fingerprint density at radius 1 is 0.886 bits per heavy atom. The number of thiophene rings is 1. The molecule has 0 spiro atoms. The van der Waals surface area contributed by atoms with Crippen molar-refractivity contribution < 1.29 is 32.2 Å². The van der Waals surface area contributed by atoms with E-state index < -0.39 is 26.3 Å². The summed E-state index contributed by atoms with van der Waals surface area (Å²) in [5.41, 5.74) is 0.453. The number of rotatable bonds is 10. The fourth-order valence-corrected chi connectivity index (χ4v) is 5.62. The van der Waals surface area contributed by atoms with Crippen LogP contribution in [-0.4, -0.2) is 45.4 Å². The number of amides is 2. The van der Waals surface area contributed by atoms with Crippen molar-refractivity contribution >= 4 is 60.5 Å². The van der Waals surface area contributed by atoms with E-state index >= 15 is 0 Å². The van der Waals surface area contributed by atoms with E-state index in [1.54, 1.807) is 89.2 Å². The Kier molecular flexibility index (Phi) is 9.82. The van der Waals surface area contributed by atoms with Gasteiger partial charge < -0.3 is 24.8 Å². The molecule has 4 rings (SSSR count). The summed E-state index contributed by atoms with van der Waals surface area (Å²) in [6.45, 7) is 8.99. The number of nitrogens with one attached hydrogen (secondary N) is 2. The first-order valence-corrected chi connectivity index (χ1v) is 16.8. The topological polar surface area (TPSA) is 120 Å². The van der Waals surface area contributed by atoms with E-state index in [2.05, 4.69) is 10.6 Å². The zero-order chi connectivity index (χ0) is 32.3. The molecule has 4 aromatic rings. The average Bonchev–Trinajstić information content (AvgIpc) is 3.35. The maximum absolute atomic E-state index is 13.3. The summed E-state index contributed by atoms with van der Waals surface area (Å²) in [5, 5.41) is 6.88. The first-order valence-electron chi connectivity index (χ1n) is 13.7. The fourth-order valence-electron chi connectivity index (χ4n) is 4.00. The summed E-state index contributed by atoms with van der Waals surface area (Å²) in [6, 6.07) is 19.0. The molecule has 3 aromatic carbocycles. The summed E-state index contributed by atoms with van der Waals surface area (Å²) in [7, 11) is -3.36. The average molecular weight is 659 g/mol. The van der Waals surface area contributed by atoms with Gasteiger partial charge in [0.2, 0.25) is 0 Å². The Balaban J connectivity index is 1.53. The van der Waals surface area contributed by atoms with Crippen molar-refractivity contribution in [2.24, 2.45) is 0 Å². The standard InChI is InChI=1S/C32H35ClN2O7S2/c1-31(2,3)42-30(37)34-13-14-40-25-17-23(18-26(19-25)41-24-10-8-22(33)9-11-24)35-29(36)28-16-20-15-21(7-12-27(20)43-28)32(4,5)44(6,38)39/h7-12,15-19H,13-14H2,1-6H3,(H,34,37)(H,35,36). The zero-order valence-corrected chi connectivity index (χ0v) is 27.7. The Bertz CT molecular complexity index is 1780. The van der Waals surface area contributed by atoms with Gasteiger partial charge in [-0.1, -0.05) is 17.7 Å². The molecular formula is C32H35ClN2O7S2. The van der Waals surface area contributed by atoms with Crippen LogP contribution in [0.15, 0.2) is 66.7 Å². The Morgan fingerprint density at radius 3 is 2.23 bits per heavy atom. The fraction of sp³-hybridized carbons (Fsp3) is 0.312. The molecule has 0 saturated carbocycles. The summed E-state index contributed by atoms with van der Waals surface area (Å²) >= 11 is 7.30. The molecule has 0 unspecified atom stereocenters. The van der Waals surface area contributed by atoms with Crippen molar-refractivity contribution in [2.45, 2.75) is 45.0 Å². The van der Waals surface area contributed by atoms with Crippen LogP contribution in [0.25, 0.3) is 10.1 Å². The molecule has 0 radical (unpaired) electrons. The second-order valence-electron chi connectivity index (χ2n) is 11.6. The number of fused-ring (bicyclic) bond motifs is 1. The highest BCUT2D eigenvalue weighted by Crippen LogP contribution is 2.35. The van der Waals surface area contributed by atoms with Crippen molar-refractivity contribution in [3.05, 3.63) is 82.2 Å². The number of hydrogen-bond donors (Lipinski definition) is 2. The zero-order valence-electron chi connectivity index (χ0n) is 25.3. The molecule has 0 saturated heterocycles. The van der Waals surface area contributed by atoms with Crippen molar-refractivity contribution in [3.8, 4) is 17.2 Å². The van der Waals surface area contributed by atoms with Crippen LogP contribution < -0.4 is 20.1 Å². The lowest BCUT2D eigenvalue weighted by Crippen LogP contribution is -2.34. The van der Waals surface area contributed by atoms with E-state index in [1.165, 1.54) is 17.6 Å². The lowest BCUT2D eigenvalue weighted by Gasteiger charge is -2.23. The third-order valence-corrected chi connectivity index (χ3v) is 10.0. The highest BCUT2D eigenvalue weighted by Gasteiger charge is 2.32. The van der Waals surface area contributed by atoms with Crippen LogP contribution in [0.5, 0.6) is 17.2 Å². The Labute approximate surface area is 266 Å². The molecule has 0 aliphatic carbocycles. The molecule has 12 heteroatoms. The van der Waals surface area contributed by atoms with Gasteiger partial charge in [0, 0.05) is 39.9 Å². The quantitative estimate of drug-likeness (QED) is 0.167. The minimum absolute atomic E-state index is 0.138. The number of hydrogen-bond acceptors (Lipinski definition) is 8. The molecule has 2 N–H and O–H groups in total. The van der Waals surface area contributed by atoms with Crippen LogP contribution in [0.2, 0.25) is 5.02 Å². The number of alkyl carbamates (subject to hydrolysis) is 1. The third kappa shape index (κ3) is 8.64. The molecule has 1 heterocycles. The van der Waals surface area contributed by atoms with Gasteiger partial charge >= 0.3 is 6.09 Å². The number of sulfone groups is 1. The molecule has 9 nitrogen and oxygen atoms in total. The molecule has 0 aliphatic heterocycles. The van der Waals surface area contributed by atoms with Crippen LogP contribution in [-0.2, 0) is 19.3 Å². The first-order chi connectivity index (χ1) is 20.5. The van der Waals surface area contributed by atoms with Crippen LogP contribution in [0.1, 0.15) is 49.9 Å². The van der Waals surface area contributed by atoms with Crippen LogP contribution in [0.3, 0.4) is 0 Å². The number of ether oxygens (including phenoxy) is 3. The summed E-state index contributed by atoms with van der Waals surface area (Å²) in [6.07, 6.45) is 0.661. The second-order valence-corrected chi connectivity index (χ2v) is 15.7. The van der Waals surface area contributed by atoms with Gasteiger partial charge in [0.05, 0.1) is 16.2 Å². The van der Waals surface area contributed by atoms with Crippen molar-refractivity contribution in [3.63, 3.8) is 0 Å². The molecule has 1 aromatic heterocycles. The van der Waals surface area contributed by atoms with E-state index in [9.17, 15) is 18.0 Å². The molecule has 0 atom stereocenters. The monoisotopic (exact) mass is 658 g/mol. The number of carbonyl (C=O) groups excluding carboxylic acids is 2. The van der Waals surface area contributed by atoms with Gasteiger partial charge in [0.25, 0.3) is 5.91 Å². The number of anilines is 1. The van der Waals surface area contributed by atoms with Gasteiger partial charge in [0.15, 0.2) is 9.84 Å². The summed E-state index contributed by atoms with van der Waals surface area (Å²) < 4.78 is 41.6. The van der Waals surface area contributed by atoms with E-state index in [-0.39, 0.29) is 19.1 Å². The van der Waals surface area contributed by atoms with Gasteiger partial charge in [-0.25, -0.2) is 13.2 Å². The molecule has 2 amide bonds. The predicted molar refractivity (Wildman–Crippen MR) is 175 cm³/mol. The maximum atomic E-state index is 13.3. The normalized spacial score (nSPS) is 12.1. The highest BCUT2D eigenvalue weighted by molar-refractivity contribution is 7.91. The van der Waals surface area contributed by atoms with Crippen LogP contribution in [0, 0.1) is 0 Å². The van der Waals surface area contributed by atoms with E-state index in [4.69, 9.17) is 25.8 Å². The smallest absolute Gasteiger partial charge is 0.407 e.